The number of hydrogen-bond donors (Lipinski definition) is 2. The van der Waals surface area contributed by atoms with Gasteiger partial charge in [-0.05, 0) is 38.6 Å². The molecule has 5 nitrogen and oxygen atoms in total. The number of nitrogens with one attached hydrogen (secondary N) is 2. The zero-order valence-corrected chi connectivity index (χ0v) is 13.2. The number of hydrogen-bond acceptors (Lipinski definition) is 3. The van der Waals surface area contributed by atoms with Gasteiger partial charge in [0.05, 0.1) is 6.54 Å². The van der Waals surface area contributed by atoms with Crippen molar-refractivity contribution < 1.29 is 9.59 Å². The minimum absolute atomic E-state index is 0.0393. The maximum atomic E-state index is 12.1. The SMILES string of the molecule is CNC1CCCN(C(=O)CNC(=O)CC2CCCCC2)C1. The predicted octanol–water partition coefficient (Wildman–Crippen LogP) is 1.28. The molecule has 1 aliphatic carbocycles. The van der Waals surface area contributed by atoms with Crippen LogP contribution >= 0.6 is 0 Å². The summed E-state index contributed by atoms with van der Waals surface area (Å²) < 4.78 is 0. The van der Waals surface area contributed by atoms with Crippen LogP contribution in [0.25, 0.3) is 0 Å². The molecule has 0 aromatic rings. The Labute approximate surface area is 127 Å². The second-order valence-corrected chi connectivity index (χ2v) is 6.45. The Kier molecular flexibility index (Phi) is 6.49. The molecule has 2 rings (SSSR count). The molecule has 1 atom stereocenters. The summed E-state index contributed by atoms with van der Waals surface area (Å²) in [5, 5.41) is 6.04. The van der Waals surface area contributed by atoms with E-state index in [1.165, 1.54) is 19.3 Å². The lowest BCUT2D eigenvalue weighted by Crippen LogP contribution is -2.49. The Hall–Kier alpha value is -1.10. The summed E-state index contributed by atoms with van der Waals surface area (Å²) in [6.45, 7) is 1.73. The normalized spacial score (nSPS) is 23.9. The first-order valence-electron chi connectivity index (χ1n) is 8.40. The van der Waals surface area contributed by atoms with E-state index < -0.39 is 0 Å². The minimum Gasteiger partial charge on any atom is -0.347 e. The van der Waals surface area contributed by atoms with Gasteiger partial charge in [0.1, 0.15) is 0 Å². The molecular weight excluding hydrogens is 266 g/mol. The molecule has 2 amide bonds. The van der Waals surface area contributed by atoms with Crippen molar-refractivity contribution in [1.82, 2.24) is 15.5 Å². The van der Waals surface area contributed by atoms with E-state index in [-0.39, 0.29) is 18.4 Å². The largest absolute Gasteiger partial charge is 0.347 e. The topological polar surface area (TPSA) is 61.4 Å². The number of likely N-dealkylation sites (tertiary alicyclic amines) is 1. The highest BCUT2D eigenvalue weighted by atomic mass is 16.2. The van der Waals surface area contributed by atoms with Crippen molar-refractivity contribution in [2.24, 2.45) is 5.92 Å². The maximum Gasteiger partial charge on any atom is 0.242 e. The molecular formula is C16H29N3O2. The highest BCUT2D eigenvalue weighted by Crippen LogP contribution is 2.25. The molecule has 2 aliphatic rings. The Morgan fingerprint density at radius 2 is 1.86 bits per heavy atom. The molecule has 21 heavy (non-hydrogen) atoms. The monoisotopic (exact) mass is 295 g/mol. The van der Waals surface area contributed by atoms with Gasteiger partial charge in [0.2, 0.25) is 11.8 Å². The fourth-order valence-corrected chi connectivity index (χ4v) is 3.45. The first-order chi connectivity index (χ1) is 10.2. The number of carbonyl (C=O) groups is 2. The molecule has 0 radical (unpaired) electrons. The minimum atomic E-state index is 0.0393. The lowest BCUT2D eigenvalue weighted by atomic mass is 9.87. The Balaban J connectivity index is 1.66. The summed E-state index contributed by atoms with van der Waals surface area (Å²) >= 11 is 0. The van der Waals surface area contributed by atoms with Crippen LogP contribution in [-0.4, -0.2) is 49.4 Å². The van der Waals surface area contributed by atoms with Crippen LogP contribution in [0.2, 0.25) is 0 Å². The van der Waals surface area contributed by atoms with Gasteiger partial charge in [0, 0.05) is 25.6 Å². The quantitative estimate of drug-likeness (QED) is 0.803. The number of nitrogens with zero attached hydrogens (tertiary/aromatic N) is 1. The average molecular weight is 295 g/mol. The van der Waals surface area contributed by atoms with Gasteiger partial charge in [-0.3, -0.25) is 9.59 Å². The molecule has 0 bridgehead atoms. The summed E-state index contributed by atoms with van der Waals surface area (Å²) in [6, 6.07) is 0.389. The number of likely N-dealkylation sites (N-methyl/N-ethyl adjacent to an activating group) is 1. The van der Waals surface area contributed by atoms with E-state index in [4.69, 9.17) is 0 Å². The highest BCUT2D eigenvalue weighted by molar-refractivity contribution is 5.84. The van der Waals surface area contributed by atoms with Crippen molar-refractivity contribution in [2.75, 3.05) is 26.7 Å². The first kappa shape index (κ1) is 16.3. The third-order valence-electron chi connectivity index (χ3n) is 4.82. The van der Waals surface area contributed by atoms with Gasteiger partial charge in [-0.2, -0.15) is 0 Å². The third kappa shape index (κ3) is 5.30. The maximum absolute atomic E-state index is 12.1. The van der Waals surface area contributed by atoms with E-state index in [0.717, 1.165) is 38.8 Å². The third-order valence-corrected chi connectivity index (χ3v) is 4.82. The number of carbonyl (C=O) groups excluding carboxylic acids is 2. The van der Waals surface area contributed by atoms with Crippen LogP contribution in [0.5, 0.6) is 0 Å². The summed E-state index contributed by atoms with van der Waals surface area (Å²) in [7, 11) is 1.94. The molecule has 2 N–H and O–H groups in total. The average Bonchev–Trinajstić information content (AvgIpc) is 2.53. The predicted molar refractivity (Wildman–Crippen MR) is 82.9 cm³/mol. The van der Waals surface area contributed by atoms with Crippen LogP contribution in [0.4, 0.5) is 0 Å². The zero-order valence-electron chi connectivity index (χ0n) is 13.2. The number of rotatable bonds is 5. The van der Waals surface area contributed by atoms with Gasteiger partial charge in [0.15, 0.2) is 0 Å². The van der Waals surface area contributed by atoms with E-state index in [9.17, 15) is 9.59 Å². The second kappa shape index (κ2) is 8.37. The van der Waals surface area contributed by atoms with Gasteiger partial charge in [-0.25, -0.2) is 0 Å². The Morgan fingerprint density at radius 3 is 2.57 bits per heavy atom. The van der Waals surface area contributed by atoms with E-state index in [0.29, 0.717) is 18.4 Å². The lowest BCUT2D eigenvalue weighted by molar-refractivity contribution is -0.134. The summed E-state index contributed by atoms with van der Waals surface area (Å²) in [6.07, 6.45) is 8.87. The molecule has 120 valence electrons. The van der Waals surface area contributed by atoms with E-state index in [1.807, 2.05) is 11.9 Å². The van der Waals surface area contributed by atoms with Crippen LogP contribution < -0.4 is 10.6 Å². The van der Waals surface area contributed by atoms with Gasteiger partial charge >= 0.3 is 0 Å². The summed E-state index contributed by atoms with van der Waals surface area (Å²) in [5.74, 6) is 0.613. The fraction of sp³-hybridized carbons (Fsp3) is 0.875. The number of amides is 2. The van der Waals surface area contributed by atoms with Crippen LogP contribution in [0.1, 0.15) is 51.4 Å². The van der Waals surface area contributed by atoms with Gasteiger partial charge in [0.25, 0.3) is 0 Å². The van der Waals surface area contributed by atoms with Crippen molar-refractivity contribution in [3.8, 4) is 0 Å². The summed E-state index contributed by atoms with van der Waals surface area (Å²) in [4.78, 5) is 25.9. The smallest absolute Gasteiger partial charge is 0.242 e. The van der Waals surface area contributed by atoms with E-state index >= 15 is 0 Å². The lowest BCUT2D eigenvalue weighted by Gasteiger charge is -2.32. The van der Waals surface area contributed by atoms with Crippen LogP contribution in [-0.2, 0) is 9.59 Å². The van der Waals surface area contributed by atoms with Crippen LogP contribution in [0, 0.1) is 5.92 Å². The number of piperidine rings is 1. The standard InChI is InChI=1S/C16H29N3O2/c1-17-14-8-5-9-19(12-14)16(21)11-18-15(20)10-13-6-3-2-4-7-13/h13-14,17H,2-12H2,1H3,(H,18,20). The van der Waals surface area contributed by atoms with E-state index in [2.05, 4.69) is 10.6 Å². The van der Waals surface area contributed by atoms with Crippen LogP contribution in [0.15, 0.2) is 0 Å². The molecule has 1 heterocycles. The van der Waals surface area contributed by atoms with Gasteiger partial charge < -0.3 is 15.5 Å². The van der Waals surface area contributed by atoms with Crippen molar-refractivity contribution in [2.45, 2.75) is 57.4 Å². The molecule has 1 aliphatic heterocycles. The van der Waals surface area contributed by atoms with Gasteiger partial charge in [-0.15, -0.1) is 0 Å². The van der Waals surface area contributed by atoms with Crippen molar-refractivity contribution in [1.29, 1.82) is 0 Å². The molecule has 1 unspecified atom stereocenters. The molecule has 0 aromatic carbocycles. The molecule has 2 fully saturated rings. The van der Waals surface area contributed by atoms with Gasteiger partial charge in [-0.1, -0.05) is 19.3 Å². The molecule has 5 heteroatoms. The van der Waals surface area contributed by atoms with Crippen molar-refractivity contribution >= 4 is 11.8 Å². The van der Waals surface area contributed by atoms with Crippen LogP contribution in [0.3, 0.4) is 0 Å². The highest BCUT2D eigenvalue weighted by Gasteiger charge is 2.23. The molecule has 0 aromatic heterocycles. The second-order valence-electron chi connectivity index (χ2n) is 6.45. The molecule has 0 spiro atoms. The molecule has 1 saturated carbocycles. The molecule has 1 saturated heterocycles. The zero-order chi connectivity index (χ0) is 15.1. The summed E-state index contributed by atoms with van der Waals surface area (Å²) in [5.41, 5.74) is 0. The first-order valence-corrected chi connectivity index (χ1v) is 8.40. The van der Waals surface area contributed by atoms with Crippen molar-refractivity contribution in [3.63, 3.8) is 0 Å². The fourth-order valence-electron chi connectivity index (χ4n) is 3.45. The van der Waals surface area contributed by atoms with E-state index in [1.54, 1.807) is 0 Å². The van der Waals surface area contributed by atoms with Crippen molar-refractivity contribution in [3.05, 3.63) is 0 Å². The Bertz CT molecular complexity index is 353. The Morgan fingerprint density at radius 1 is 1.10 bits per heavy atom.